The Balaban J connectivity index is 2.54. The fourth-order valence-electron chi connectivity index (χ4n) is 3.43. The van der Waals surface area contributed by atoms with Gasteiger partial charge in [0.2, 0.25) is 0 Å². The third-order valence-corrected chi connectivity index (χ3v) is 12.7. The second kappa shape index (κ2) is 9.06. The van der Waals surface area contributed by atoms with Crippen molar-refractivity contribution >= 4 is 27.2 Å². The standard InChI is InChI=1S/C22H29Si2/c1-5-23(6-2)21-16-12-13-17-22(21)24(7-3,8-4)19-18-20-14-10-9-11-15-20/h9-17H,5-8H2,1-4H3. The van der Waals surface area contributed by atoms with E-state index in [0.717, 1.165) is 5.56 Å². The van der Waals surface area contributed by atoms with Gasteiger partial charge in [-0.25, -0.2) is 0 Å². The molecule has 0 unspecified atom stereocenters. The van der Waals surface area contributed by atoms with E-state index in [2.05, 4.69) is 93.8 Å². The van der Waals surface area contributed by atoms with Gasteiger partial charge >= 0.3 is 0 Å². The maximum atomic E-state index is 3.81. The van der Waals surface area contributed by atoms with Gasteiger partial charge in [0.05, 0.1) is 8.80 Å². The van der Waals surface area contributed by atoms with Gasteiger partial charge in [-0.05, 0) is 29.4 Å². The summed E-state index contributed by atoms with van der Waals surface area (Å²) in [6, 6.07) is 24.7. The van der Waals surface area contributed by atoms with Crippen molar-refractivity contribution in [2.24, 2.45) is 0 Å². The van der Waals surface area contributed by atoms with E-state index in [1.807, 2.05) is 0 Å². The zero-order chi connectivity index (χ0) is 17.4. The summed E-state index contributed by atoms with van der Waals surface area (Å²) in [5.74, 6) is 3.51. The van der Waals surface area contributed by atoms with Gasteiger partial charge in [0.1, 0.15) is 0 Å². The predicted octanol–water partition coefficient (Wildman–Crippen LogP) is 4.71. The monoisotopic (exact) mass is 349 g/mol. The molecule has 0 aliphatic heterocycles. The first kappa shape index (κ1) is 18.8. The molecule has 0 aliphatic carbocycles. The average Bonchev–Trinajstić information content (AvgIpc) is 2.66. The van der Waals surface area contributed by atoms with E-state index in [4.69, 9.17) is 0 Å². The first-order valence-corrected chi connectivity index (χ1v) is 13.6. The molecule has 0 heterocycles. The second-order valence-electron chi connectivity index (χ2n) is 6.26. The van der Waals surface area contributed by atoms with Crippen molar-refractivity contribution in [2.75, 3.05) is 0 Å². The highest BCUT2D eigenvalue weighted by Gasteiger charge is 2.33. The largest absolute Gasteiger partial charge is 0.168 e. The normalized spacial score (nSPS) is 11.2. The molecular formula is C22H29Si2. The summed E-state index contributed by atoms with van der Waals surface area (Å²) in [6.07, 6.45) is 0. The van der Waals surface area contributed by atoms with E-state index in [-0.39, 0.29) is 0 Å². The average molecular weight is 350 g/mol. The van der Waals surface area contributed by atoms with Crippen molar-refractivity contribution in [3.8, 4) is 11.5 Å². The minimum absolute atomic E-state index is 0.448. The highest BCUT2D eigenvalue weighted by atomic mass is 28.3. The maximum absolute atomic E-state index is 3.81. The van der Waals surface area contributed by atoms with E-state index in [1.54, 1.807) is 10.4 Å². The van der Waals surface area contributed by atoms with Crippen LogP contribution in [0.4, 0.5) is 0 Å². The van der Waals surface area contributed by atoms with Crippen molar-refractivity contribution < 1.29 is 0 Å². The predicted molar refractivity (Wildman–Crippen MR) is 112 cm³/mol. The maximum Gasteiger partial charge on any atom is 0.168 e. The van der Waals surface area contributed by atoms with E-state index in [9.17, 15) is 0 Å². The van der Waals surface area contributed by atoms with E-state index in [0.29, 0.717) is 0 Å². The summed E-state index contributed by atoms with van der Waals surface area (Å²) in [5.41, 5.74) is 4.96. The lowest BCUT2D eigenvalue weighted by molar-refractivity contribution is 1.29. The first-order valence-electron chi connectivity index (χ1n) is 9.23. The third-order valence-electron chi connectivity index (χ3n) is 5.10. The molecule has 0 fully saturated rings. The van der Waals surface area contributed by atoms with Crippen molar-refractivity contribution in [3.05, 3.63) is 60.2 Å². The van der Waals surface area contributed by atoms with Crippen molar-refractivity contribution in [2.45, 2.75) is 51.9 Å². The summed E-state index contributed by atoms with van der Waals surface area (Å²) in [4.78, 5) is 0. The van der Waals surface area contributed by atoms with E-state index >= 15 is 0 Å². The van der Waals surface area contributed by atoms with Crippen LogP contribution >= 0.6 is 0 Å². The quantitative estimate of drug-likeness (QED) is 0.523. The number of hydrogen-bond acceptors (Lipinski definition) is 0. The Bertz CT molecular complexity index is 687. The fraction of sp³-hybridized carbons (Fsp3) is 0.364. The van der Waals surface area contributed by atoms with Gasteiger partial charge in [0.15, 0.2) is 8.07 Å². The molecule has 0 saturated heterocycles. The van der Waals surface area contributed by atoms with Crippen LogP contribution in [0.15, 0.2) is 54.6 Å². The highest BCUT2D eigenvalue weighted by molar-refractivity contribution is 7.01. The van der Waals surface area contributed by atoms with Crippen LogP contribution in [0, 0.1) is 11.5 Å². The molecule has 2 rings (SSSR count). The SMILES string of the molecule is CC[Si](CC)c1ccccc1[Si](C#Cc1ccccc1)(CC)CC. The van der Waals surface area contributed by atoms with Crippen LogP contribution in [0.1, 0.15) is 33.3 Å². The molecule has 2 heteroatoms. The molecule has 24 heavy (non-hydrogen) atoms. The number of rotatable bonds is 6. The highest BCUT2D eigenvalue weighted by Crippen LogP contribution is 2.15. The first-order chi connectivity index (χ1) is 11.7. The molecule has 0 atom stereocenters. The number of hydrogen-bond donors (Lipinski definition) is 0. The molecule has 0 aromatic heterocycles. The van der Waals surface area contributed by atoms with Crippen LogP contribution in [-0.2, 0) is 0 Å². The minimum atomic E-state index is -1.78. The topological polar surface area (TPSA) is 0 Å². The summed E-state index contributed by atoms with van der Waals surface area (Å²) in [6.45, 7) is 9.39. The second-order valence-corrected chi connectivity index (χ2v) is 13.8. The zero-order valence-corrected chi connectivity index (χ0v) is 17.5. The molecule has 0 bridgehead atoms. The number of benzene rings is 2. The Morgan fingerprint density at radius 3 is 1.96 bits per heavy atom. The lowest BCUT2D eigenvalue weighted by atomic mass is 10.2. The molecule has 2 aromatic carbocycles. The summed E-state index contributed by atoms with van der Waals surface area (Å²) in [5, 5.41) is 3.28. The van der Waals surface area contributed by atoms with Crippen LogP contribution < -0.4 is 10.4 Å². The van der Waals surface area contributed by atoms with Crippen molar-refractivity contribution in [1.29, 1.82) is 0 Å². The van der Waals surface area contributed by atoms with Crippen LogP contribution in [0.2, 0.25) is 24.2 Å². The summed E-state index contributed by atoms with van der Waals surface area (Å²) >= 11 is 0. The lowest BCUT2D eigenvalue weighted by Gasteiger charge is -2.28. The Hall–Kier alpha value is -1.57. The van der Waals surface area contributed by atoms with Gasteiger partial charge in [0, 0.05) is 5.56 Å². The smallest absolute Gasteiger partial charge is 0.120 e. The molecule has 0 saturated carbocycles. The molecule has 0 amide bonds. The molecule has 125 valence electrons. The van der Waals surface area contributed by atoms with Gasteiger partial charge in [0.25, 0.3) is 0 Å². The Kier molecular flexibility index (Phi) is 7.08. The molecule has 2 aromatic rings. The Labute approximate surface area is 150 Å². The summed E-state index contributed by atoms with van der Waals surface area (Å²) in [7, 11) is -2.23. The molecule has 0 spiro atoms. The Morgan fingerprint density at radius 2 is 1.38 bits per heavy atom. The molecule has 1 radical (unpaired) electrons. The van der Waals surface area contributed by atoms with Gasteiger partial charge in [-0.2, -0.15) is 0 Å². The van der Waals surface area contributed by atoms with E-state index in [1.165, 1.54) is 24.2 Å². The van der Waals surface area contributed by atoms with Crippen LogP contribution in [0.25, 0.3) is 0 Å². The lowest BCUT2D eigenvalue weighted by Crippen LogP contribution is -2.56. The van der Waals surface area contributed by atoms with Gasteiger partial charge < -0.3 is 0 Å². The molecular weight excluding hydrogens is 320 g/mol. The Morgan fingerprint density at radius 1 is 0.792 bits per heavy atom. The van der Waals surface area contributed by atoms with Crippen LogP contribution in [-0.4, -0.2) is 16.9 Å². The third kappa shape index (κ3) is 4.09. The van der Waals surface area contributed by atoms with E-state index < -0.39 is 16.9 Å². The van der Waals surface area contributed by atoms with Crippen molar-refractivity contribution in [3.63, 3.8) is 0 Å². The minimum Gasteiger partial charge on any atom is -0.120 e. The summed E-state index contributed by atoms with van der Waals surface area (Å²) < 4.78 is 0. The van der Waals surface area contributed by atoms with Crippen LogP contribution in [0.3, 0.4) is 0 Å². The van der Waals surface area contributed by atoms with Crippen molar-refractivity contribution in [1.82, 2.24) is 0 Å². The fourth-order valence-corrected chi connectivity index (χ4v) is 9.88. The van der Waals surface area contributed by atoms with Gasteiger partial charge in [-0.1, -0.05) is 93.4 Å². The molecule has 0 aliphatic rings. The molecule has 0 N–H and O–H groups in total. The van der Waals surface area contributed by atoms with Crippen LogP contribution in [0.5, 0.6) is 0 Å². The molecule has 0 nitrogen and oxygen atoms in total. The van der Waals surface area contributed by atoms with Gasteiger partial charge in [-0.15, -0.1) is 5.54 Å². The van der Waals surface area contributed by atoms with Gasteiger partial charge in [-0.3, -0.25) is 0 Å². The zero-order valence-electron chi connectivity index (χ0n) is 15.5.